The van der Waals surface area contributed by atoms with Crippen LogP contribution in [-0.2, 0) is 4.79 Å². The van der Waals surface area contributed by atoms with Gasteiger partial charge in [-0.15, -0.1) is 12.4 Å². The highest BCUT2D eigenvalue weighted by molar-refractivity contribution is 6.31. The standard InChI is InChI=1S/C16H22ClN3O2.ClH/c1-18-8-2-3-15(21)20-14-7-6-12(17)9-13(14)16(22)19-10-11-4-5-11;/h6-7,9,11,18H,2-5,8,10H2,1H3,(H,19,22)(H,20,21);1H. The van der Waals surface area contributed by atoms with E-state index in [-0.39, 0.29) is 24.2 Å². The summed E-state index contributed by atoms with van der Waals surface area (Å²) in [4.78, 5) is 24.2. The van der Waals surface area contributed by atoms with Gasteiger partial charge in [-0.25, -0.2) is 0 Å². The molecule has 1 aliphatic carbocycles. The first-order valence-electron chi connectivity index (χ1n) is 7.62. The van der Waals surface area contributed by atoms with Crippen LogP contribution in [0.2, 0.25) is 5.02 Å². The third-order valence-electron chi connectivity index (χ3n) is 3.58. The van der Waals surface area contributed by atoms with Crippen molar-refractivity contribution in [1.29, 1.82) is 0 Å². The minimum absolute atomic E-state index is 0. The van der Waals surface area contributed by atoms with Gasteiger partial charge in [-0.1, -0.05) is 11.6 Å². The van der Waals surface area contributed by atoms with Crippen molar-refractivity contribution in [3.8, 4) is 0 Å². The first-order chi connectivity index (χ1) is 10.6. The Morgan fingerprint density at radius 1 is 1.30 bits per heavy atom. The SMILES string of the molecule is CNCCCC(=O)Nc1ccc(Cl)cc1C(=O)NCC1CC1.Cl. The Hall–Kier alpha value is -1.30. The summed E-state index contributed by atoms with van der Waals surface area (Å²) in [5, 5.41) is 9.16. The van der Waals surface area contributed by atoms with Gasteiger partial charge in [0.2, 0.25) is 5.91 Å². The van der Waals surface area contributed by atoms with Gasteiger partial charge < -0.3 is 16.0 Å². The molecule has 0 unspecified atom stereocenters. The fraction of sp³-hybridized carbons (Fsp3) is 0.500. The van der Waals surface area contributed by atoms with Crippen LogP contribution in [0.25, 0.3) is 0 Å². The molecule has 0 heterocycles. The summed E-state index contributed by atoms with van der Waals surface area (Å²) in [7, 11) is 1.85. The summed E-state index contributed by atoms with van der Waals surface area (Å²) in [6.45, 7) is 1.46. The molecule has 1 aromatic rings. The molecule has 2 rings (SSSR count). The monoisotopic (exact) mass is 359 g/mol. The molecule has 7 heteroatoms. The highest BCUT2D eigenvalue weighted by atomic mass is 35.5. The van der Waals surface area contributed by atoms with Gasteiger partial charge in [-0.3, -0.25) is 9.59 Å². The summed E-state index contributed by atoms with van der Waals surface area (Å²) in [6.07, 6.45) is 3.50. The van der Waals surface area contributed by atoms with Gasteiger partial charge in [0.1, 0.15) is 0 Å². The molecule has 0 aliphatic heterocycles. The summed E-state index contributed by atoms with van der Waals surface area (Å²) in [6, 6.07) is 4.93. The first-order valence-corrected chi connectivity index (χ1v) is 8.00. The number of benzene rings is 1. The molecule has 1 fully saturated rings. The Labute approximate surface area is 148 Å². The van der Waals surface area contributed by atoms with Gasteiger partial charge in [-0.2, -0.15) is 0 Å². The highest BCUT2D eigenvalue weighted by Gasteiger charge is 2.22. The van der Waals surface area contributed by atoms with E-state index in [4.69, 9.17) is 11.6 Å². The molecule has 0 aromatic heterocycles. The molecule has 3 N–H and O–H groups in total. The van der Waals surface area contributed by atoms with Crippen molar-refractivity contribution in [2.45, 2.75) is 25.7 Å². The van der Waals surface area contributed by atoms with Gasteiger partial charge in [0.15, 0.2) is 0 Å². The maximum atomic E-state index is 12.3. The third kappa shape index (κ3) is 6.77. The number of anilines is 1. The molecule has 0 atom stereocenters. The highest BCUT2D eigenvalue weighted by Crippen LogP contribution is 2.28. The van der Waals surface area contributed by atoms with E-state index in [1.807, 2.05) is 7.05 Å². The van der Waals surface area contributed by atoms with Crippen LogP contribution < -0.4 is 16.0 Å². The number of rotatable bonds is 8. The van der Waals surface area contributed by atoms with Crippen molar-refractivity contribution < 1.29 is 9.59 Å². The van der Waals surface area contributed by atoms with Crippen molar-refractivity contribution in [2.75, 3.05) is 25.5 Å². The molecule has 2 amide bonds. The van der Waals surface area contributed by atoms with Crippen molar-refractivity contribution in [3.05, 3.63) is 28.8 Å². The minimum Gasteiger partial charge on any atom is -0.352 e. The lowest BCUT2D eigenvalue weighted by atomic mass is 10.1. The van der Waals surface area contributed by atoms with Gasteiger partial charge >= 0.3 is 0 Å². The normalized spacial score (nSPS) is 13.1. The maximum absolute atomic E-state index is 12.3. The number of carbonyl (C=O) groups excluding carboxylic acids is 2. The topological polar surface area (TPSA) is 70.2 Å². The molecular formula is C16H23Cl2N3O2. The number of halogens is 2. The second kappa shape index (κ2) is 9.75. The minimum atomic E-state index is -0.195. The molecule has 128 valence electrons. The quantitative estimate of drug-likeness (QED) is 0.625. The van der Waals surface area contributed by atoms with E-state index in [2.05, 4.69) is 16.0 Å². The van der Waals surface area contributed by atoms with Crippen molar-refractivity contribution in [3.63, 3.8) is 0 Å². The largest absolute Gasteiger partial charge is 0.352 e. The Balaban J connectivity index is 0.00000264. The Morgan fingerprint density at radius 3 is 2.70 bits per heavy atom. The van der Waals surface area contributed by atoms with Crippen molar-refractivity contribution >= 4 is 41.5 Å². The number of hydrogen-bond donors (Lipinski definition) is 3. The zero-order chi connectivity index (χ0) is 15.9. The molecular weight excluding hydrogens is 337 g/mol. The zero-order valence-corrected chi connectivity index (χ0v) is 14.7. The molecule has 0 spiro atoms. The fourth-order valence-corrected chi connectivity index (χ4v) is 2.28. The van der Waals surface area contributed by atoms with Crippen LogP contribution in [0, 0.1) is 5.92 Å². The molecule has 0 radical (unpaired) electrons. The molecule has 0 bridgehead atoms. The molecule has 1 aliphatic rings. The van der Waals surface area contributed by atoms with Crippen LogP contribution in [0.15, 0.2) is 18.2 Å². The van der Waals surface area contributed by atoms with E-state index in [9.17, 15) is 9.59 Å². The molecule has 5 nitrogen and oxygen atoms in total. The van der Waals surface area contributed by atoms with E-state index >= 15 is 0 Å². The zero-order valence-electron chi connectivity index (χ0n) is 13.2. The van der Waals surface area contributed by atoms with Crippen LogP contribution in [0.3, 0.4) is 0 Å². The first kappa shape index (κ1) is 19.7. The van der Waals surface area contributed by atoms with E-state index < -0.39 is 0 Å². The van der Waals surface area contributed by atoms with Crippen molar-refractivity contribution in [1.82, 2.24) is 10.6 Å². The summed E-state index contributed by atoms with van der Waals surface area (Å²) < 4.78 is 0. The van der Waals surface area contributed by atoms with E-state index in [1.165, 1.54) is 12.8 Å². The van der Waals surface area contributed by atoms with Gasteiger partial charge in [-0.05, 0) is 57.0 Å². The molecule has 1 saturated carbocycles. The number of hydrogen-bond acceptors (Lipinski definition) is 3. The van der Waals surface area contributed by atoms with E-state index in [0.717, 1.165) is 13.0 Å². The number of carbonyl (C=O) groups is 2. The predicted octanol–water partition coefficient (Wildman–Crippen LogP) is 2.84. The van der Waals surface area contributed by atoms with Crippen LogP contribution in [-0.4, -0.2) is 32.0 Å². The number of amides is 2. The lowest BCUT2D eigenvalue weighted by Gasteiger charge is -2.12. The van der Waals surface area contributed by atoms with Gasteiger partial charge in [0.25, 0.3) is 5.91 Å². The van der Waals surface area contributed by atoms with Crippen LogP contribution in [0.5, 0.6) is 0 Å². The second-order valence-corrected chi connectivity index (χ2v) is 6.04. The lowest BCUT2D eigenvalue weighted by Crippen LogP contribution is -2.27. The fourth-order valence-electron chi connectivity index (χ4n) is 2.11. The molecule has 0 saturated heterocycles. The Kier molecular flexibility index (Phi) is 8.37. The van der Waals surface area contributed by atoms with Gasteiger partial charge in [0, 0.05) is 18.0 Å². The van der Waals surface area contributed by atoms with Crippen LogP contribution in [0.4, 0.5) is 5.69 Å². The summed E-state index contributed by atoms with van der Waals surface area (Å²) in [5.74, 6) is 0.302. The molecule has 1 aromatic carbocycles. The van der Waals surface area contributed by atoms with Gasteiger partial charge in [0.05, 0.1) is 11.3 Å². The predicted molar refractivity (Wildman–Crippen MR) is 95.5 cm³/mol. The molecule has 23 heavy (non-hydrogen) atoms. The van der Waals surface area contributed by atoms with E-state index in [1.54, 1.807) is 18.2 Å². The third-order valence-corrected chi connectivity index (χ3v) is 3.81. The average Bonchev–Trinajstić information content (AvgIpc) is 3.31. The van der Waals surface area contributed by atoms with E-state index in [0.29, 0.717) is 35.2 Å². The smallest absolute Gasteiger partial charge is 0.253 e. The number of nitrogens with one attached hydrogen (secondary N) is 3. The maximum Gasteiger partial charge on any atom is 0.253 e. The van der Waals surface area contributed by atoms with Crippen LogP contribution in [0.1, 0.15) is 36.0 Å². The lowest BCUT2D eigenvalue weighted by molar-refractivity contribution is -0.116. The average molecular weight is 360 g/mol. The van der Waals surface area contributed by atoms with Crippen LogP contribution >= 0.6 is 24.0 Å². The van der Waals surface area contributed by atoms with Crippen molar-refractivity contribution in [2.24, 2.45) is 5.92 Å². The Morgan fingerprint density at radius 2 is 2.04 bits per heavy atom. The second-order valence-electron chi connectivity index (χ2n) is 5.60. The summed E-state index contributed by atoms with van der Waals surface area (Å²) >= 11 is 5.97. The Bertz CT molecular complexity index is 548. The summed E-state index contributed by atoms with van der Waals surface area (Å²) in [5.41, 5.74) is 0.919.